The van der Waals surface area contributed by atoms with Crippen molar-refractivity contribution in [1.29, 1.82) is 0 Å². The standard InChI is InChI=1S/C17H20INO2/c1-13(14-6-3-2-4-7-14)21-12-17(20)11-19-16-9-5-8-15(18)10-16/h2-10,13,17,19-20H,11-12H2,1H3. The maximum Gasteiger partial charge on any atom is 0.0945 e. The van der Waals surface area contributed by atoms with Crippen LogP contribution >= 0.6 is 22.6 Å². The Hall–Kier alpha value is -1.11. The minimum atomic E-state index is -0.533. The smallest absolute Gasteiger partial charge is 0.0945 e. The minimum absolute atomic E-state index is 0.0153. The van der Waals surface area contributed by atoms with Gasteiger partial charge in [-0.3, -0.25) is 0 Å². The Balaban J connectivity index is 1.73. The summed E-state index contributed by atoms with van der Waals surface area (Å²) in [6.45, 7) is 2.78. The zero-order valence-corrected chi connectivity index (χ0v) is 14.2. The lowest BCUT2D eigenvalue weighted by atomic mass is 10.1. The van der Waals surface area contributed by atoms with E-state index >= 15 is 0 Å². The second kappa shape index (κ2) is 8.36. The molecule has 21 heavy (non-hydrogen) atoms. The van der Waals surface area contributed by atoms with Crippen LogP contribution in [0.2, 0.25) is 0 Å². The average Bonchev–Trinajstić information content (AvgIpc) is 2.51. The molecule has 2 unspecified atom stereocenters. The molecule has 2 aromatic carbocycles. The van der Waals surface area contributed by atoms with Crippen molar-refractivity contribution in [3.8, 4) is 0 Å². The van der Waals surface area contributed by atoms with E-state index in [2.05, 4.69) is 27.9 Å². The first-order valence-electron chi connectivity index (χ1n) is 6.99. The van der Waals surface area contributed by atoms with E-state index in [-0.39, 0.29) is 6.10 Å². The summed E-state index contributed by atoms with van der Waals surface area (Å²) in [5.74, 6) is 0. The third-order valence-electron chi connectivity index (χ3n) is 3.17. The number of hydrogen-bond donors (Lipinski definition) is 2. The first kappa shape index (κ1) is 16.3. The Morgan fingerprint density at radius 2 is 1.90 bits per heavy atom. The SMILES string of the molecule is CC(OCC(O)CNc1cccc(I)c1)c1ccccc1. The first-order valence-corrected chi connectivity index (χ1v) is 8.07. The molecular weight excluding hydrogens is 377 g/mol. The van der Waals surface area contributed by atoms with Crippen LogP contribution in [0.4, 0.5) is 5.69 Å². The number of nitrogens with one attached hydrogen (secondary N) is 1. The fourth-order valence-electron chi connectivity index (χ4n) is 1.97. The zero-order valence-electron chi connectivity index (χ0n) is 12.0. The molecule has 0 aliphatic rings. The van der Waals surface area contributed by atoms with Gasteiger partial charge in [0.15, 0.2) is 0 Å². The predicted molar refractivity (Wildman–Crippen MR) is 94.5 cm³/mol. The lowest BCUT2D eigenvalue weighted by Gasteiger charge is -2.17. The van der Waals surface area contributed by atoms with Crippen LogP contribution in [0.1, 0.15) is 18.6 Å². The van der Waals surface area contributed by atoms with Crippen molar-refractivity contribution in [2.45, 2.75) is 19.1 Å². The summed E-state index contributed by atoms with van der Waals surface area (Å²) >= 11 is 2.27. The normalized spacial score (nSPS) is 13.7. The van der Waals surface area contributed by atoms with Gasteiger partial charge in [0.1, 0.15) is 0 Å². The van der Waals surface area contributed by atoms with Gasteiger partial charge < -0.3 is 15.2 Å². The summed E-state index contributed by atoms with van der Waals surface area (Å²) in [4.78, 5) is 0. The lowest BCUT2D eigenvalue weighted by molar-refractivity contribution is 0.00243. The molecule has 0 saturated heterocycles. The van der Waals surface area contributed by atoms with Crippen molar-refractivity contribution < 1.29 is 9.84 Å². The molecule has 0 amide bonds. The van der Waals surface area contributed by atoms with Gasteiger partial charge in [0.2, 0.25) is 0 Å². The number of anilines is 1. The Kier molecular flexibility index (Phi) is 6.48. The summed E-state index contributed by atoms with van der Waals surface area (Å²) in [7, 11) is 0. The molecule has 2 aromatic rings. The van der Waals surface area contributed by atoms with Crippen LogP contribution in [-0.2, 0) is 4.74 Å². The minimum Gasteiger partial charge on any atom is -0.389 e. The fourth-order valence-corrected chi connectivity index (χ4v) is 2.51. The molecule has 3 nitrogen and oxygen atoms in total. The third kappa shape index (κ3) is 5.65. The van der Waals surface area contributed by atoms with Gasteiger partial charge in [-0.1, -0.05) is 36.4 Å². The van der Waals surface area contributed by atoms with E-state index in [1.807, 2.05) is 61.5 Å². The summed E-state index contributed by atoms with van der Waals surface area (Å²) < 4.78 is 6.88. The molecule has 0 bridgehead atoms. The number of ether oxygens (including phenoxy) is 1. The molecule has 0 heterocycles. The highest BCUT2D eigenvalue weighted by Crippen LogP contribution is 2.16. The highest BCUT2D eigenvalue weighted by atomic mass is 127. The number of aliphatic hydroxyl groups excluding tert-OH is 1. The van der Waals surface area contributed by atoms with E-state index in [4.69, 9.17) is 4.74 Å². The second-order valence-corrected chi connectivity index (χ2v) is 6.18. The van der Waals surface area contributed by atoms with Gasteiger partial charge in [0, 0.05) is 15.8 Å². The van der Waals surface area contributed by atoms with Crippen molar-refractivity contribution in [3.63, 3.8) is 0 Å². The number of benzene rings is 2. The number of halogens is 1. The topological polar surface area (TPSA) is 41.5 Å². The van der Waals surface area contributed by atoms with E-state index in [0.717, 1.165) is 11.3 Å². The van der Waals surface area contributed by atoms with Crippen molar-refractivity contribution in [3.05, 3.63) is 63.7 Å². The summed E-state index contributed by atoms with van der Waals surface area (Å²) in [6, 6.07) is 18.1. The fraction of sp³-hybridized carbons (Fsp3) is 0.294. The van der Waals surface area contributed by atoms with E-state index in [9.17, 15) is 5.11 Å². The Morgan fingerprint density at radius 1 is 1.14 bits per heavy atom. The van der Waals surface area contributed by atoms with Gasteiger partial charge in [-0.25, -0.2) is 0 Å². The van der Waals surface area contributed by atoms with Crippen molar-refractivity contribution in [1.82, 2.24) is 0 Å². The first-order chi connectivity index (χ1) is 10.1. The molecule has 4 heteroatoms. The van der Waals surface area contributed by atoms with Gasteiger partial charge in [0.05, 0.1) is 18.8 Å². The van der Waals surface area contributed by atoms with Crippen molar-refractivity contribution >= 4 is 28.3 Å². The van der Waals surface area contributed by atoms with E-state index < -0.39 is 6.10 Å². The Labute approximate surface area is 139 Å². The summed E-state index contributed by atoms with van der Waals surface area (Å²) in [5.41, 5.74) is 2.13. The molecule has 2 N–H and O–H groups in total. The molecule has 0 radical (unpaired) electrons. The monoisotopic (exact) mass is 397 g/mol. The van der Waals surface area contributed by atoms with E-state index in [1.165, 1.54) is 3.57 Å². The van der Waals surface area contributed by atoms with Gasteiger partial charge >= 0.3 is 0 Å². The van der Waals surface area contributed by atoms with Crippen LogP contribution < -0.4 is 5.32 Å². The number of aliphatic hydroxyl groups is 1. The van der Waals surface area contributed by atoms with E-state index in [0.29, 0.717) is 13.2 Å². The van der Waals surface area contributed by atoms with Crippen molar-refractivity contribution in [2.24, 2.45) is 0 Å². The highest BCUT2D eigenvalue weighted by Gasteiger charge is 2.09. The van der Waals surface area contributed by atoms with Crippen LogP contribution in [-0.4, -0.2) is 24.4 Å². The van der Waals surface area contributed by atoms with Crippen LogP contribution in [0.25, 0.3) is 0 Å². The third-order valence-corrected chi connectivity index (χ3v) is 3.85. The largest absolute Gasteiger partial charge is 0.389 e. The Morgan fingerprint density at radius 3 is 2.62 bits per heavy atom. The maximum atomic E-state index is 9.99. The summed E-state index contributed by atoms with van der Waals surface area (Å²) in [6.07, 6.45) is -0.549. The van der Waals surface area contributed by atoms with Gasteiger partial charge in [0.25, 0.3) is 0 Å². The molecule has 0 saturated carbocycles. The molecule has 0 aliphatic carbocycles. The second-order valence-electron chi connectivity index (χ2n) is 4.93. The van der Waals surface area contributed by atoms with Crippen LogP contribution in [0.15, 0.2) is 54.6 Å². The zero-order chi connectivity index (χ0) is 15.1. The number of rotatable bonds is 7. The summed E-state index contributed by atoms with van der Waals surface area (Å²) in [5, 5.41) is 13.2. The quantitative estimate of drug-likeness (QED) is 0.698. The molecule has 112 valence electrons. The highest BCUT2D eigenvalue weighted by molar-refractivity contribution is 14.1. The van der Waals surface area contributed by atoms with Crippen LogP contribution in [0.3, 0.4) is 0 Å². The van der Waals surface area contributed by atoms with Gasteiger partial charge in [-0.05, 0) is 53.3 Å². The molecule has 2 rings (SSSR count). The molecule has 0 spiro atoms. The molecular formula is C17H20INO2. The maximum absolute atomic E-state index is 9.99. The molecule has 0 fully saturated rings. The lowest BCUT2D eigenvalue weighted by Crippen LogP contribution is -2.25. The predicted octanol–water partition coefficient (Wildman–Crippen LogP) is 3.84. The number of hydrogen-bond acceptors (Lipinski definition) is 3. The van der Waals surface area contributed by atoms with Crippen molar-refractivity contribution in [2.75, 3.05) is 18.5 Å². The molecule has 0 aromatic heterocycles. The molecule has 0 aliphatic heterocycles. The van der Waals surface area contributed by atoms with Gasteiger partial charge in [-0.15, -0.1) is 0 Å². The van der Waals surface area contributed by atoms with Crippen LogP contribution in [0.5, 0.6) is 0 Å². The van der Waals surface area contributed by atoms with E-state index in [1.54, 1.807) is 0 Å². The Bertz CT molecular complexity index is 547. The van der Waals surface area contributed by atoms with Gasteiger partial charge in [-0.2, -0.15) is 0 Å². The average molecular weight is 397 g/mol. The van der Waals surface area contributed by atoms with Crippen LogP contribution in [0, 0.1) is 3.57 Å². The molecule has 2 atom stereocenters.